The summed E-state index contributed by atoms with van der Waals surface area (Å²) in [4.78, 5) is 47.3. The van der Waals surface area contributed by atoms with Gasteiger partial charge in [0.1, 0.15) is 18.6 Å². The fourth-order valence-electron chi connectivity index (χ4n) is 2.08. The van der Waals surface area contributed by atoms with E-state index in [-0.39, 0.29) is 0 Å². The number of imide groups is 2. The number of urea groups is 2. The standard InChI is InChI=1S/C12H17F3N4O4/c1-3-11(4-2)8(21)19(10(23)18-11)5-7(20)17-9(22)16-6-12(13,14)15/h3-6H2,1-2H3,(H,18,23)(H2,16,17,20,22). The van der Waals surface area contributed by atoms with Crippen LogP contribution >= 0.6 is 0 Å². The summed E-state index contributed by atoms with van der Waals surface area (Å²) < 4.78 is 35.7. The van der Waals surface area contributed by atoms with Gasteiger partial charge in [-0.3, -0.25) is 19.8 Å². The molecule has 3 N–H and O–H groups in total. The van der Waals surface area contributed by atoms with Crippen molar-refractivity contribution in [2.24, 2.45) is 0 Å². The highest BCUT2D eigenvalue weighted by molar-refractivity contribution is 6.09. The van der Waals surface area contributed by atoms with E-state index in [2.05, 4.69) is 5.32 Å². The lowest BCUT2D eigenvalue weighted by Gasteiger charge is -2.22. The van der Waals surface area contributed by atoms with Gasteiger partial charge >= 0.3 is 18.2 Å². The average Bonchev–Trinajstić information content (AvgIpc) is 2.69. The van der Waals surface area contributed by atoms with Crippen molar-refractivity contribution >= 4 is 23.9 Å². The third kappa shape index (κ3) is 4.57. The number of carbonyl (C=O) groups excluding carboxylic acids is 4. The van der Waals surface area contributed by atoms with Crippen molar-refractivity contribution in [2.45, 2.75) is 38.4 Å². The zero-order valence-corrected chi connectivity index (χ0v) is 12.5. The molecular formula is C12H17F3N4O4. The first-order valence-electron chi connectivity index (χ1n) is 6.83. The van der Waals surface area contributed by atoms with Crippen molar-refractivity contribution in [3.63, 3.8) is 0 Å². The van der Waals surface area contributed by atoms with Gasteiger partial charge < -0.3 is 10.6 Å². The van der Waals surface area contributed by atoms with E-state index in [0.717, 1.165) is 0 Å². The molecule has 0 aliphatic carbocycles. The number of nitrogens with one attached hydrogen (secondary N) is 3. The molecule has 8 nitrogen and oxygen atoms in total. The van der Waals surface area contributed by atoms with Gasteiger partial charge in [0.15, 0.2) is 0 Å². The van der Waals surface area contributed by atoms with E-state index >= 15 is 0 Å². The summed E-state index contributed by atoms with van der Waals surface area (Å²) >= 11 is 0. The van der Waals surface area contributed by atoms with Crippen LogP contribution in [-0.2, 0) is 9.59 Å². The van der Waals surface area contributed by atoms with Gasteiger partial charge in [-0.15, -0.1) is 0 Å². The lowest BCUT2D eigenvalue weighted by atomic mass is 9.93. The Hall–Kier alpha value is -2.33. The summed E-state index contributed by atoms with van der Waals surface area (Å²) in [5.41, 5.74) is -1.10. The summed E-state index contributed by atoms with van der Waals surface area (Å²) in [7, 11) is 0. The molecule has 6 amide bonds. The van der Waals surface area contributed by atoms with E-state index in [1.54, 1.807) is 19.2 Å². The van der Waals surface area contributed by atoms with Gasteiger partial charge in [0, 0.05) is 0 Å². The van der Waals surface area contributed by atoms with Crippen LogP contribution in [0.3, 0.4) is 0 Å². The summed E-state index contributed by atoms with van der Waals surface area (Å²) in [6.45, 7) is 1.02. The van der Waals surface area contributed by atoms with Crippen molar-refractivity contribution in [3.8, 4) is 0 Å². The van der Waals surface area contributed by atoms with Gasteiger partial charge in [-0.25, -0.2) is 9.59 Å². The summed E-state index contributed by atoms with van der Waals surface area (Å²) in [5.74, 6) is -1.69. The molecule has 1 rings (SSSR count). The first-order chi connectivity index (χ1) is 10.5. The molecule has 1 aliphatic heterocycles. The minimum atomic E-state index is -4.62. The van der Waals surface area contributed by atoms with E-state index in [4.69, 9.17) is 0 Å². The first-order valence-corrected chi connectivity index (χ1v) is 6.83. The van der Waals surface area contributed by atoms with Crippen molar-refractivity contribution in [1.29, 1.82) is 0 Å². The second-order valence-electron chi connectivity index (χ2n) is 4.96. The molecule has 0 radical (unpaired) electrons. The Morgan fingerprint density at radius 3 is 2.22 bits per heavy atom. The molecule has 23 heavy (non-hydrogen) atoms. The van der Waals surface area contributed by atoms with Crippen LogP contribution < -0.4 is 16.0 Å². The smallest absolute Gasteiger partial charge is 0.329 e. The molecule has 0 saturated carbocycles. The maximum Gasteiger partial charge on any atom is 0.405 e. The summed E-state index contributed by atoms with van der Waals surface area (Å²) in [5, 5.41) is 5.54. The molecule has 1 saturated heterocycles. The predicted molar refractivity (Wildman–Crippen MR) is 71.2 cm³/mol. The molecule has 0 bridgehead atoms. The Balaban J connectivity index is 2.59. The third-order valence-corrected chi connectivity index (χ3v) is 3.46. The summed E-state index contributed by atoms with van der Waals surface area (Å²) in [6.07, 6.45) is -3.98. The van der Waals surface area contributed by atoms with Crippen molar-refractivity contribution < 1.29 is 32.3 Å². The minimum Gasteiger partial charge on any atom is -0.329 e. The zero-order valence-electron chi connectivity index (χ0n) is 12.5. The lowest BCUT2D eigenvalue weighted by molar-refractivity contribution is -0.135. The van der Waals surface area contributed by atoms with E-state index < -0.39 is 48.7 Å². The molecular weight excluding hydrogens is 321 g/mol. The van der Waals surface area contributed by atoms with Crippen LogP contribution in [0.25, 0.3) is 0 Å². The molecule has 1 heterocycles. The number of halogens is 3. The first kappa shape index (κ1) is 18.7. The number of hydrogen-bond acceptors (Lipinski definition) is 4. The van der Waals surface area contributed by atoms with E-state index in [1.165, 1.54) is 5.32 Å². The van der Waals surface area contributed by atoms with Gasteiger partial charge in [-0.05, 0) is 12.8 Å². The van der Waals surface area contributed by atoms with Crippen LogP contribution in [-0.4, -0.2) is 53.6 Å². The van der Waals surface area contributed by atoms with Crippen LogP contribution in [0, 0.1) is 0 Å². The zero-order chi connectivity index (χ0) is 17.8. The topological polar surface area (TPSA) is 108 Å². The van der Waals surface area contributed by atoms with Crippen molar-refractivity contribution in [1.82, 2.24) is 20.9 Å². The normalized spacial score (nSPS) is 17.0. The highest BCUT2D eigenvalue weighted by atomic mass is 19.4. The number of alkyl halides is 3. The molecule has 0 aromatic carbocycles. The van der Waals surface area contributed by atoms with Crippen molar-refractivity contribution in [3.05, 3.63) is 0 Å². The fraction of sp³-hybridized carbons (Fsp3) is 0.667. The fourth-order valence-corrected chi connectivity index (χ4v) is 2.08. The van der Waals surface area contributed by atoms with Crippen LogP contribution in [0.5, 0.6) is 0 Å². The molecule has 130 valence electrons. The Bertz CT molecular complexity index is 517. The number of rotatable bonds is 5. The number of carbonyl (C=O) groups is 4. The third-order valence-electron chi connectivity index (χ3n) is 3.46. The molecule has 0 spiro atoms. The van der Waals surface area contributed by atoms with Gasteiger partial charge in [0.05, 0.1) is 0 Å². The van der Waals surface area contributed by atoms with Gasteiger partial charge in [0.25, 0.3) is 5.91 Å². The van der Waals surface area contributed by atoms with Crippen molar-refractivity contribution in [2.75, 3.05) is 13.1 Å². The molecule has 11 heteroatoms. The minimum absolute atomic E-state index is 0.318. The van der Waals surface area contributed by atoms with Gasteiger partial charge in [-0.2, -0.15) is 13.2 Å². The number of hydrogen-bond donors (Lipinski definition) is 3. The molecule has 0 aromatic heterocycles. The van der Waals surface area contributed by atoms with Crippen LogP contribution in [0.4, 0.5) is 22.8 Å². The quantitative estimate of drug-likeness (QED) is 0.634. The molecule has 0 atom stereocenters. The second kappa shape index (κ2) is 6.84. The lowest BCUT2D eigenvalue weighted by Crippen LogP contribution is -2.49. The maximum atomic E-state index is 12.2. The predicted octanol–water partition coefficient (Wildman–Crippen LogP) is 0.485. The molecule has 1 aliphatic rings. The van der Waals surface area contributed by atoms with E-state index in [0.29, 0.717) is 17.7 Å². The van der Waals surface area contributed by atoms with E-state index in [9.17, 15) is 32.3 Å². The highest BCUT2D eigenvalue weighted by Crippen LogP contribution is 2.24. The second-order valence-corrected chi connectivity index (χ2v) is 4.96. The SMILES string of the molecule is CCC1(CC)NC(=O)N(CC(=O)NC(=O)NCC(F)(F)F)C1=O. The molecule has 1 fully saturated rings. The van der Waals surface area contributed by atoms with Crippen LogP contribution in [0.15, 0.2) is 0 Å². The van der Waals surface area contributed by atoms with Gasteiger partial charge in [0.2, 0.25) is 5.91 Å². The maximum absolute atomic E-state index is 12.2. The highest BCUT2D eigenvalue weighted by Gasteiger charge is 2.49. The summed E-state index contributed by atoms with van der Waals surface area (Å²) in [6, 6.07) is -2.15. The monoisotopic (exact) mass is 338 g/mol. The molecule has 0 aromatic rings. The number of amides is 6. The van der Waals surface area contributed by atoms with Gasteiger partial charge in [-0.1, -0.05) is 13.8 Å². The Morgan fingerprint density at radius 2 is 1.78 bits per heavy atom. The Kier molecular flexibility index (Phi) is 5.56. The van der Waals surface area contributed by atoms with Crippen LogP contribution in [0.1, 0.15) is 26.7 Å². The Labute approximate surface area is 129 Å². The molecule has 0 unspecified atom stereocenters. The van der Waals surface area contributed by atoms with E-state index in [1.807, 2.05) is 0 Å². The largest absolute Gasteiger partial charge is 0.405 e. The van der Waals surface area contributed by atoms with Crippen LogP contribution in [0.2, 0.25) is 0 Å². The Morgan fingerprint density at radius 1 is 1.22 bits per heavy atom. The average molecular weight is 338 g/mol. The number of nitrogens with zero attached hydrogens (tertiary/aromatic N) is 1.